The van der Waals surface area contributed by atoms with E-state index in [0.717, 1.165) is 0 Å². The Hall–Kier alpha value is -2.62. The van der Waals surface area contributed by atoms with Crippen LogP contribution in [-0.4, -0.2) is 59.7 Å². The molecular formula is C15H19N5O7S4. The van der Waals surface area contributed by atoms with Gasteiger partial charge in [0.2, 0.25) is 11.8 Å². The molecule has 170 valence electrons. The summed E-state index contributed by atoms with van der Waals surface area (Å²) in [5.74, 6) is -0.872. The van der Waals surface area contributed by atoms with Gasteiger partial charge in [-0.2, -0.15) is 0 Å². The topological polar surface area (TPSA) is 198 Å². The highest BCUT2D eigenvalue weighted by Crippen LogP contribution is 1.95. The number of carbonyl (C=O) groups is 4. The van der Waals surface area contributed by atoms with E-state index in [-0.39, 0.29) is 58.7 Å². The maximum atomic E-state index is 10.5. The summed E-state index contributed by atoms with van der Waals surface area (Å²) in [6.07, 6.45) is -0.0588. The van der Waals surface area contributed by atoms with Crippen LogP contribution in [0.5, 0.6) is 0 Å². The third-order valence-corrected chi connectivity index (χ3v) is 2.69. The maximum Gasteiger partial charge on any atom is 0.312 e. The number of aromatic amines is 2. The first-order valence-corrected chi connectivity index (χ1v) is 9.58. The summed E-state index contributed by atoms with van der Waals surface area (Å²) in [7, 11) is 0. The van der Waals surface area contributed by atoms with Crippen LogP contribution in [0.15, 0.2) is 8.83 Å². The summed E-state index contributed by atoms with van der Waals surface area (Å²) in [6, 6.07) is 0. The van der Waals surface area contributed by atoms with E-state index in [1.807, 2.05) is 4.31 Å². The monoisotopic (exact) mass is 509 g/mol. The third kappa shape index (κ3) is 20.4. The van der Waals surface area contributed by atoms with Gasteiger partial charge in [-0.3, -0.25) is 19.2 Å². The number of carbonyl (C=O) groups excluding carboxylic acids is 3. The molecule has 0 aliphatic rings. The van der Waals surface area contributed by atoms with E-state index in [0.29, 0.717) is 5.89 Å². The molecule has 0 atom stereocenters. The number of hydrogen-bond donors (Lipinski definition) is 4. The standard InChI is InChI=1S/C5H6N2O2S.C5H9NO2.C4H4N2O3S.CS2/c1-3(8)2-4-6-7-5(10)9-4;1-4(7)2-5(8)3-6;7-3(8)1-2-5-6-4(10)9-2;2-1-3/h2H2,1H3,(H,7,10);2-3,6H2,1H3;1H2,(H,6,10)(H,7,8);. The number of Topliss-reactive ketones (excluding diaryl/α,β-unsaturated/α-hetero) is 3. The number of nitrogens with zero attached hydrogens (tertiary/aromatic N) is 2. The fourth-order valence-electron chi connectivity index (χ4n) is 1.36. The number of carboxylic acid groups (broad SMARTS) is 1. The Morgan fingerprint density at radius 3 is 1.61 bits per heavy atom. The molecule has 0 saturated carbocycles. The van der Waals surface area contributed by atoms with Gasteiger partial charge >= 0.3 is 5.97 Å². The molecule has 5 N–H and O–H groups in total. The molecule has 12 nitrogen and oxygen atoms in total. The minimum absolute atomic E-state index is 0.00486. The van der Waals surface area contributed by atoms with Crippen molar-refractivity contribution in [2.75, 3.05) is 6.54 Å². The van der Waals surface area contributed by atoms with Crippen molar-refractivity contribution in [1.82, 2.24) is 20.4 Å². The van der Waals surface area contributed by atoms with Gasteiger partial charge in [0.1, 0.15) is 18.0 Å². The summed E-state index contributed by atoms with van der Waals surface area (Å²) < 4.78 is 11.4. The van der Waals surface area contributed by atoms with Gasteiger partial charge in [0, 0.05) is 4.31 Å². The molecule has 31 heavy (non-hydrogen) atoms. The van der Waals surface area contributed by atoms with E-state index in [9.17, 15) is 19.2 Å². The molecule has 2 rings (SSSR count). The van der Waals surface area contributed by atoms with Crippen LogP contribution >= 0.6 is 48.9 Å². The molecule has 0 bridgehead atoms. The lowest BCUT2D eigenvalue weighted by molar-refractivity contribution is -0.136. The molecule has 0 spiro atoms. The van der Waals surface area contributed by atoms with E-state index in [2.05, 4.69) is 73.7 Å². The number of hydrogen-bond acceptors (Lipinski definition) is 13. The van der Waals surface area contributed by atoms with Crippen molar-refractivity contribution in [3.05, 3.63) is 21.5 Å². The number of aliphatic carboxylic acids is 1. The highest BCUT2D eigenvalue weighted by atomic mass is 32.1. The van der Waals surface area contributed by atoms with Gasteiger partial charge in [0.05, 0.1) is 19.4 Å². The molecule has 0 aromatic carbocycles. The molecule has 0 aliphatic heterocycles. The number of ketones is 3. The van der Waals surface area contributed by atoms with Crippen molar-refractivity contribution in [2.24, 2.45) is 5.73 Å². The predicted octanol–water partition coefficient (Wildman–Crippen LogP) is 1.73. The van der Waals surface area contributed by atoms with Crippen LogP contribution in [-0.2, 0) is 32.0 Å². The minimum atomic E-state index is -0.995. The van der Waals surface area contributed by atoms with Gasteiger partial charge in [-0.25, -0.2) is 10.2 Å². The van der Waals surface area contributed by atoms with E-state index in [1.165, 1.54) is 13.8 Å². The predicted molar refractivity (Wildman–Crippen MR) is 119 cm³/mol. The van der Waals surface area contributed by atoms with E-state index < -0.39 is 5.97 Å². The SMILES string of the molecule is CC(=O)CC(=O)CN.CC(=O)Cc1n[nH]c(=S)o1.O=C(O)Cc1n[nH]c(=S)o1.S=C=S. The van der Waals surface area contributed by atoms with Crippen molar-refractivity contribution in [1.29, 1.82) is 0 Å². The second-order valence-electron chi connectivity index (χ2n) is 5.17. The molecular weight excluding hydrogens is 490 g/mol. The molecule has 0 unspecified atom stereocenters. The highest BCUT2D eigenvalue weighted by molar-refractivity contribution is 7.93. The average molecular weight is 510 g/mol. The van der Waals surface area contributed by atoms with Crippen molar-refractivity contribution in [3.8, 4) is 0 Å². The van der Waals surface area contributed by atoms with E-state index in [4.69, 9.17) is 15.3 Å². The highest BCUT2D eigenvalue weighted by Gasteiger charge is 2.04. The molecule has 2 aromatic rings. The normalized spacial score (nSPS) is 8.74. The van der Waals surface area contributed by atoms with Crippen LogP contribution in [0, 0.1) is 9.67 Å². The summed E-state index contributed by atoms with van der Waals surface area (Å²) in [5, 5.41) is 20.1. The lowest BCUT2D eigenvalue weighted by atomic mass is 10.2. The number of carboxylic acids is 1. The minimum Gasteiger partial charge on any atom is -0.481 e. The lowest BCUT2D eigenvalue weighted by Gasteiger charge is -1.87. The van der Waals surface area contributed by atoms with Crippen molar-refractivity contribution in [2.45, 2.75) is 33.1 Å². The number of rotatable bonds is 7. The molecule has 16 heteroatoms. The van der Waals surface area contributed by atoms with Crippen molar-refractivity contribution >= 4 is 76.5 Å². The van der Waals surface area contributed by atoms with Crippen LogP contribution in [0.4, 0.5) is 0 Å². The zero-order valence-corrected chi connectivity index (χ0v) is 19.6. The molecule has 0 fully saturated rings. The van der Waals surface area contributed by atoms with Gasteiger partial charge in [-0.1, -0.05) is 0 Å². The Labute approximate surface area is 196 Å². The zero-order chi connectivity index (χ0) is 24.4. The van der Waals surface area contributed by atoms with E-state index in [1.54, 1.807) is 0 Å². The molecule has 2 aromatic heterocycles. The second kappa shape index (κ2) is 18.2. The van der Waals surface area contributed by atoms with Gasteiger partial charge < -0.3 is 19.7 Å². The van der Waals surface area contributed by atoms with Crippen LogP contribution in [0.2, 0.25) is 0 Å². The average Bonchev–Trinajstić information content (AvgIpc) is 3.23. The summed E-state index contributed by atoms with van der Waals surface area (Å²) in [6.45, 7) is 2.81. The number of nitrogens with one attached hydrogen (secondary N) is 2. The lowest BCUT2D eigenvalue weighted by Crippen LogP contribution is -2.15. The quantitative estimate of drug-likeness (QED) is 0.311. The summed E-state index contributed by atoms with van der Waals surface area (Å²) >= 11 is 17.0. The molecule has 2 heterocycles. The van der Waals surface area contributed by atoms with Gasteiger partial charge in [0.25, 0.3) is 9.67 Å². The Kier molecular flexibility index (Phi) is 17.9. The second-order valence-corrected chi connectivity index (χ2v) is 6.58. The summed E-state index contributed by atoms with van der Waals surface area (Å²) in [4.78, 5) is 41.2. The van der Waals surface area contributed by atoms with Crippen LogP contribution in [0.25, 0.3) is 0 Å². The largest absolute Gasteiger partial charge is 0.481 e. The van der Waals surface area contributed by atoms with Crippen molar-refractivity contribution in [3.63, 3.8) is 0 Å². The summed E-state index contributed by atoms with van der Waals surface area (Å²) in [5.41, 5.74) is 4.92. The Morgan fingerprint density at radius 2 is 1.39 bits per heavy atom. The van der Waals surface area contributed by atoms with Gasteiger partial charge in [0.15, 0.2) is 5.78 Å². The molecule has 0 aliphatic carbocycles. The Balaban J connectivity index is 0. The smallest absolute Gasteiger partial charge is 0.312 e. The number of nitrogens with two attached hydrogens (primary N) is 1. The number of H-pyrrole nitrogens is 2. The first-order valence-electron chi connectivity index (χ1n) is 7.95. The maximum absolute atomic E-state index is 10.5. The van der Waals surface area contributed by atoms with Crippen LogP contribution < -0.4 is 5.73 Å². The van der Waals surface area contributed by atoms with Gasteiger partial charge in [-0.05, 0) is 62.7 Å². The molecule has 0 radical (unpaired) electrons. The molecule has 0 amide bonds. The number of aromatic nitrogens is 4. The zero-order valence-electron chi connectivity index (χ0n) is 16.3. The van der Waals surface area contributed by atoms with Gasteiger partial charge in [-0.15, -0.1) is 10.2 Å². The number of thiocarbonyl (C=S) groups is 2. The fourth-order valence-corrected chi connectivity index (χ4v) is 1.65. The first kappa shape index (κ1) is 30.6. The van der Waals surface area contributed by atoms with Crippen molar-refractivity contribution < 1.29 is 33.1 Å². The molecule has 0 saturated heterocycles. The Morgan fingerprint density at radius 1 is 0.968 bits per heavy atom. The first-order chi connectivity index (χ1) is 14.4. The fraction of sp³-hybridized carbons (Fsp3) is 0.400. The third-order valence-electron chi connectivity index (χ3n) is 2.34. The van der Waals surface area contributed by atoms with Crippen LogP contribution in [0.1, 0.15) is 32.0 Å². The van der Waals surface area contributed by atoms with E-state index >= 15 is 0 Å². The van der Waals surface area contributed by atoms with Crippen LogP contribution in [0.3, 0.4) is 0 Å². The Bertz CT molecular complexity index is 941.